The van der Waals surface area contributed by atoms with Crippen molar-refractivity contribution >= 4 is 21.9 Å². The lowest BCUT2D eigenvalue weighted by molar-refractivity contribution is -0.146. The molecule has 1 aliphatic carbocycles. The molecule has 0 heterocycles. The standard InChI is InChI=1S/C14H18BrNO2/c1-18-13(17)14(7-8-14)10-16-9-6-11-2-4-12(15)5-3-11/h2-5,16H,6-10H2,1H3. The molecule has 0 atom stereocenters. The van der Waals surface area contributed by atoms with Crippen molar-refractivity contribution in [1.29, 1.82) is 0 Å². The van der Waals surface area contributed by atoms with E-state index in [4.69, 9.17) is 4.74 Å². The molecule has 98 valence electrons. The predicted octanol–water partition coefficient (Wildman–Crippen LogP) is 2.53. The van der Waals surface area contributed by atoms with Crippen molar-refractivity contribution in [2.75, 3.05) is 20.2 Å². The molecule has 4 heteroatoms. The summed E-state index contributed by atoms with van der Waals surface area (Å²) in [6, 6.07) is 8.32. The van der Waals surface area contributed by atoms with E-state index in [0.717, 1.165) is 36.8 Å². The third-order valence-corrected chi connectivity index (χ3v) is 3.97. The Hall–Kier alpha value is -0.870. The molecule has 0 amide bonds. The monoisotopic (exact) mass is 311 g/mol. The zero-order chi connectivity index (χ0) is 13.0. The molecule has 0 aliphatic heterocycles. The number of carbonyl (C=O) groups is 1. The molecule has 0 bridgehead atoms. The molecule has 3 nitrogen and oxygen atoms in total. The number of benzene rings is 1. The van der Waals surface area contributed by atoms with Crippen LogP contribution in [0, 0.1) is 5.41 Å². The normalized spacial score (nSPS) is 16.3. The summed E-state index contributed by atoms with van der Waals surface area (Å²) in [5.74, 6) is -0.0707. The Morgan fingerprint density at radius 1 is 1.39 bits per heavy atom. The Kier molecular flexibility index (Phi) is 4.40. The smallest absolute Gasteiger partial charge is 0.313 e. The molecule has 0 unspecified atom stereocenters. The van der Waals surface area contributed by atoms with E-state index in [2.05, 4.69) is 33.4 Å². The van der Waals surface area contributed by atoms with Crippen LogP contribution in [0.3, 0.4) is 0 Å². The molecular weight excluding hydrogens is 294 g/mol. The fourth-order valence-corrected chi connectivity index (χ4v) is 2.30. The van der Waals surface area contributed by atoms with Gasteiger partial charge in [-0.05, 0) is 43.5 Å². The van der Waals surface area contributed by atoms with Crippen molar-refractivity contribution in [1.82, 2.24) is 5.32 Å². The van der Waals surface area contributed by atoms with Gasteiger partial charge in [0.2, 0.25) is 0 Å². The van der Waals surface area contributed by atoms with E-state index in [0.29, 0.717) is 0 Å². The highest BCUT2D eigenvalue weighted by atomic mass is 79.9. The first-order valence-corrected chi connectivity index (χ1v) is 6.99. The maximum atomic E-state index is 11.5. The van der Waals surface area contributed by atoms with Gasteiger partial charge in [-0.15, -0.1) is 0 Å². The van der Waals surface area contributed by atoms with Crippen molar-refractivity contribution in [3.63, 3.8) is 0 Å². The first-order valence-electron chi connectivity index (χ1n) is 6.20. The Morgan fingerprint density at radius 3 is 2.61 bits per heavy atom. The Labute approximate surface area is 116 Å². The van der Waals surface area contributed by atoms with Gasteiger partial charge in [0.25, 0.3) is 0 Å². The van der Waals surface area contributed by atoms with Gasteiger partial charge in [-0.2, -0.15) is 0 Å². The SMILES string of the molecule is COC(=O)C1(CNCCc2ccc(Br)cc2)CC1. The average Bonchev–Trinajstić information content (AvgIpc) is 3.17. The van der Waals surface area contributed by atoms with Gasteiger partial charge in [0.15, 0.2) is 0 Å². The molecule has 1 saturated carbocycles. The molecule has 18 heavy (non-hydrogen) atoms. The lowest BCUT2D eigenvalue weighted by Crippen LogP contribution is -2.32. The van der Waals surface area contributed by atoms with Crippen LogP contribution < -0.4 is 5.32 Å². The molecule has 0 spiro atoms. The van der Waals surface area contributed by atoms with E-state index in [9.17, 15) is 4.79 Å². The second-order valence-electron chi connectivity index (χ2n) is 4.83. The second-order valence-corrected chi connectivity index (χ2v) is 5.74. The van der Waals surface area contributed by atoms with Crippen molar-refractivity contribution < 1.29 is 9.53 Å². The van der Waals surface area contributed by atoms with Crippen LogP contribution in [0.15, 0.2) is 28.7 Å². The summed E-state index contributed by atoms with van der Waals surface area (Å²) in [7, 11) is 1.46. The van der Waals surface area contributed by atoms with Crippen LogP contribution in [-0.4, -0.2) is 26.2 Å². The summed E-state index contributed by atoms with van der Waals surface area (Å²) in [6.07, 6.45) is 2.88. The van der Waals surface area contributed by atoms with Gasteiger partial charge in [0, 0.05) is 11.0 Å². The molecular formula is C14H18BrNO2. The number of nitrogens with one attached hydrogen (secondary N) is 1. The van der Waals surface area contributed by atoms with Crippen molar-refractivity contribution in [3.05, 3.63) is 34.3 Å². The molecule has 0 saturated heterocycles. The first-order chi connectivity index (χ1) is 8.66. The zero-order valence-electron chi connectivity index (χ0n) is 10.5. The highest BCUT2D eigenvalue weighted by Gasteiger charge is 2.50. The summed E-state index contributed by atoms with van der Waals surface area (Å²) >= 11 is 3.42. The quantitative estimate of drug-likeness (QED) is 0.648. The number of hydrogen-bond acceptors (Lipinski definition) is 3. The Balaban J connectivity index is 1.70. The molecule has 1 fully saturated rings. The van der Waals surface area contributed by atoms with Gasteiger partial charge in [-0.25, -0.2) is 0 Å². The van der Waals surface area contributed by atoms with Gasteiger partial charge >= 0.3 is 5.97 Å². The van der Waals surface area contributed by atoms with Crippen molar-refractivity contribution in [3.8, 4) is 0 Å². The zero-order valence-corrected chi connectivity index (χ0v) is 12.1. The van der Waals surface area contributed by atoms with Crippen LogP contribution in [-0.2, 0) is 16.0 Å². The summed E-state index contributed by atoms with van der Waals surface area (Å²) in [5.41, 5.74) is 1.07. The van der Waals surface area contributed by atoms with Crippen molar-refractivity contribution in [2.24, 2.45) is 5.41 Å². The van der Waals surface area contributed by atoms with Gasteiger partial charge in [-0.1, -0.05) is 28.1 Å². The summed E-state index contributed by atoms with van der Waals surface area (Å²) in [5, 5.41) is 3.35. The van der Waals surface area contributed by atoms with Crippen molar-refractivity contribution in [2.45, 2.75) is 19.3 Å². The summed E-state index contributed by atoms with van der Waals surface area (Å²) in [4.78, 5) is 11.5. The summed E-state index contributed by atoms with van der Waals surface area (Å²) < 4.78 is 5.92. The van der Waals surface area contributed by atoms with E-state index in [-0.39, 0.29) is 11.4 Å². The van der Waals surface area contributed by atoms with Crippen LogP contribution in [0.25, 0.3) is 0 Å². The molecule has 2 rings (SSSR count). The maximum absolute atomic E-state index is 11.5. The van der Waals surface area contributed by atoms with E-state index < -0.39 is 0 Å². The van der Waals surface area contributed by atoms with Gasteiger partial charge < -0.3 is 10.1 Å². The number of methoxy groups -OCH3 is 1. The Morgan fingerprint density at radius 2 is 2.06 bits per heavy atom. The van der Waals surface area contributed by atoms with Crippen LogP contribution in [0.1, 0.15) is 18.4 Å². The lowest BCUT2D eigenvalue weighted by atomic mass is 10.1. The Bertz CT molecular complexity index is 412. The molecule has 1 aromatic rings. The van der Waals surface area contributed by atoms with E-state index >= 15 is 0 Å². The highest BCUT2D eigenvalue weighted by molar-refractivity contribution is 9.10. The molecule has 0 aromatic heterocycles. The summed E-state index contributed by atoms with van der Waals surface area (Å²) in [6.45, 7) is 1.62. The lowest BCUT2D eigenvalue weighted by Gasteiger charge is -2.13. The molecule has 0 radical (unpaired) electrons. The number of carbonyl (C=O) groups excluding carboxylic acids is 1. The van der Waals surface area contributed by atoms with Gasteiger partial charge in [0.1, 0.15) is 0 Å². The largest absolute Gasteiger partial charge is 0.469 e. The second kappa shape index (κ2) is 5.85. The fourth-order valence-electron chi connectivity index (χ4n) is 2.03. The molecule has 1 N–H and O–H groups in total. The number of rotatable bonds is 6. The number of esters is 1. The highest BCUT2D eigenvalue weighted by Crippen LogP contribution is 2.45. The van der Waals surface area contributed by atoms with E-state index in [1.54, 1.807) is 0 Å². The minimum Gasteiger partial charge on any atom is -0.469 e. The number of halogens is 1. The van der Waals surface area contributed by atoms with Crippen LogP contribution >= 0.6 is 15.9 Å². The number of hydrogen-bond donors (Lipinski definition) is 1. The van der Waals surface area contributed by atoms with Crippen LogP contribution in [0.4, 0.5) is 0 Å². The van der Waals surface area contributed by atoms with Crippen LogP contribution in [0.2, 0.25) is 0 Å². The van der Waals surface area contributed by atoms with E-state index in [1.807, 2.05) is 12.1 Å². The van der Waals surface area contributed by atoms with E-state index in [1.165, 1.54) is 12.7 Å². The first kappa shape index (κ1) is 13.6. The maximum Gasteiger partial charge on any atom is 0.313 e. The molecule has 1 aliphatic rings. The predicted molar refractivity (Wildman–Crippen MR) is 74.4 cm³/mol. The van der Waals surface area contributed by atoms with Gasteiger partial charge in [0.05, 0.1) is 12.5 Å². The average molecular weight is 312 g/mol. The molecule has 1 aromatic carbocycles. The van der Waals surface area contributed by atoms with Gasteiger partial charge in [-0.3, -0.25) is 4.79 Å². The third kappa shape index (κ3) is 3.33. The van der Waals surface area contributed by atoms with Crippen LogP contribution in [0.5, 0.6) is 0 Å². The minimum atomic E-state index is -0.228. The third-order valence-electron chi connectivity index (χ3n) is 3.44. The number of ether oxygens (including phenoxy) is 1. The topological polar surface area (TPSA) is 38.3 Å². The fraction of sp³-hybridized carbons (Fsp3) is 0.500. The minimum absolute atomic E-state index is 0.0707.